The lowest BCUT2D eigenvalue weighted by molar-refractivity contribution is -0.129. The molecular weight excluding hydrogens is 458 g/mol. The molecule has 2 amide bonds. The van der Waals surface area contributed by atoms with Crippen LogP contribution in [0.1, 0.15) is 57.1 Å². The highest BCUT2D eigenvalue weighted by molar-refractivity contribution is 6.02. The number of fused-ring (bicyclic) bond motifs is 5. The van der Waals surface area contributed by atoms with Crippen molar-refractivity contribution in [2.75, 3.05) is 4.90 Å². The van der Waals surface area contributed by atoms with E-state index < -0.39 is 29.9 Å². The molecule has 0 bridgehead atoms. The Morgan fingerprint density at radius 1 is 1.08 bits per heavy atom. The van der Waals surface area contributed by atoms with Crippen LogP contribution in [0.25, 0.3) is 10.9 Å². The van der Waals surface area contributed by atoms with E-state index in [-0.39, 0.29) is 29.7 Å². The molecule has 6 rings (SSSR count). The van der Waals surface area contributed by atoms with Gasteiger partial charge in [0.1, 0.15) is 23.6 Å². The van der Waals surface area contributed by atoms with Crippen molar-refractivity contribution in [3.05, 3.63) is 70.3 Å². The molecule has 0 aliphatic carbocycles. The Bertz CT molecular complexity index is 1470. The number of carbonyl (C=O) groups excluding carboxylic acids is 2. The van der Waals surface area contributed by atoms with Gasteiger partial charge in [0.05, 0.1) is 28.7 Å². The molecule has 1 saturated heterocycles. The van der Waals surface area contributed by atoms with Crippen molar-refractivity contribution in [1.29, 1.82) is 0 Å². The number of rotatable bonds is 4. The lowest BCUT2D eigenvalue weighted by atomic mass is 9.85. The molecule has 36 heavy (non-hydrogen) atoms. The molecule has 1 aromatic heterocycles. The van der Waals surface area contributed by atoms with Crippen molar-refractivity contribution in [3.8, 4) is 0 Å². The minimum atomic E-state index is -1.59. The van der Waals surface area contributed by atoms with Crippen LogP contribution in [0.2, 0.25) is 0 Å². The van der Waals surface area contributed by atoms with Gasteiger partial charge in [-0.05, 0) is 37.5 Å². The number of nitrogens with zero attached hydrogens (tertiary/aromatic N) is 3. The molecule has 3 N–H and O–H groups in total. The highest BCUT2D eigenvalue weighted by Gasteiger charge is 2.59. The second-order valence-electron chi connectivity index (χ2n) is 10.5. The van der Waals surface area contributed by atoms with Gasteiger partial charge in [-0.25, -0.2) is 4.98 Å². The average Bonchev–Trinajstić information content (AvgIpc) is 3.29. The van der Waals surface area contributed by atoms with Gasteiger partial charge in [0, 0.05) is 12.0 Å². The van der Waals surface area contributed by atoms with E-state index >= 15 is 0 Å². The van der Waals surface area contributed by atoms with E-state index in [4.69, 9.17) is 4.98 Å². The molecule has 0 spiro atoms. The molecule has 9 nitrogen and oxygen atoms in total. The van der Waals surface area contributed by atoms with Crippen LogP contribution in [0.5, 0.6) is 0 Å². The first kappa shape index (κ1) is 22.9. The summed E-state index contributed by atoms with van der Waals surface area (Å²) in [6, 6.07) is 12.4. The molecule has 5 atom stereocenters. The Morgan fingerprint density at radius 2 is 1.81 bits per heavy atom. The Morgan fingerprint density at radius 3 is 2.58 bits per heavy atom. The van der Waals surface area contributed by atoms with Gasteiger partial charge < -0.3 is 10.4 Å². The maximum absolute atomic E-state index is 13.6. The number of nitrogens with one attached hydrogen (secondary N) is 2. The number of para-hydroxylation sites is 2. The zero-order valence-corrected chi connectivity index (χ0v) is 20.4. The maximum atomic E-state index is 13.6. The smallest absolute Gasteiger partial charge is 0.262 e. The fourth-order valence-electron chi connectivity index (χ4n) is 6.04. The van der Waals surface area contributed by atoms with Crippen molar-refractivity contribution in [2.45, 2.75) is 63.5 Å². The fourth-order valence-corrected chi connectivity index (χ4v) is 6.04. The van der Waals surface area contributed by atoms with Crippen LogP contribution in [0.4, 0.5) is 5.69 Å². The normalized spacial score (nSPS) is 28.9. The van der Waals surface area contributed by atoms with Crippen LogP contribution in [-0.4, -0.2) is 38.7 Å². The predicted molar refractivity (Wildman–Crippen MR) is 134 cm³/mol. The monoisotopic (exact) mass is 487 g/mol. The average molecular weight is 488 g/mol. The molecule has 9 heteroatoms. The zero-order valence-electron chi connectivity index (χ0n) is 20.4. The fraction of sp³-hybridized carbons (Fsp3) is 0.407. The van der Waals surface area contributed by atoms with E-state index in [0.29, 0.717) is 34.4 Å². The minimum Gasteiger partial charge on any atom is -0.381 e. The first-order chi connectivity index (χ1) is 17.2. The number of aliphatic hydroxyl groups is 1. The van der Waals surface area contributed by atoms with Crippen molar-refractivity contribution < 1.29 is 14.7 Å². The second kappa shape index (κ2) is 7.97. The largest absolute Gasteiger partial charge is 0.381 e. The second-order valence-corrected chi connectivity index (χ2v) is 10.5. The molecule has 4 heterocycles. The molecule has 0 saturated carbocycles. The van der Waals surface area contributed by atoms with Gasteiger partial charge in [0.15, 0.2) is 0 Å². The van der Waals surface area contributed by atoms with Crippen molar-refractivity contribution in [1.82, 2.24) is 20.2 Å². The van der Waals surface area contributed by atoms with Crippen molar-refractivity contribution in [2.24, 2.45) is 5.92 Å². The van der Waals surface area contributed by atoms with E-state index in [1.54, 1.807) is 42.2 Å². The van der Waals surface area contributed by atoms with Crippen LogP contribution in [0.3, 0.4) is 0 Å². The maximum Gasteiger partial charge on any atom is 0.262 e. The predicted octanol–water partition coefficient (Wildman–Crippen LogP) is 2.10. The first-order valence-corrected chi connectivity index (χ1v) is 12.4. The Labute approximate surface area is 208 Å². The summed E-state index contributed by atoms with van der Waals surface area (Å²) in [6.07, 6.45) is -0.208. The molecule has 3 aliphatic rings. The summed E-state index contributed by atoms with van der Waals surface area (Å²) in [5.41, 5.74) is -0.160. The lowest BCUT2D eigenvalue weighted by Crippen LogP contribution is -2.54. The highest BCUT2D eigenvalue weighted by atomic mass is 16.3. The molecule has 186 valence electrons. The molecule has 0 radical (unpaired) electrons. The Balaban J connectivity index is 1.48. The number of benzene rings is 2. The summed E-state index contributed by atoms with van der Waals surface area (Å²) in [6.45, 7) is 5.88. The third-order valence-corrected chi connectivity index (χ3v) is 7.64. The summed E-state index contributed by atoms with van der Waals surface area (Å²) in [7, 11) is 0. The van der Waals surface area contributed by atoms with Crippen LogP contribution in [0.15, 0.2) is 53.3 Å². The van der Waals surface area contributed by atoms with Gasteiger partial charge in [0.2, 0.25) is 11.8 Å². The minimum absolute atomic E-state index is 0.0919. The third-order valence-electron chi connectivity index (χ3n) is 7.64. The summed E-state index contributed by atoms with van der Waals surface area (Å²) < 4.78 is 1.43. The SMILES string of the molecule is CC(C)CC1NC2N(C1=O)c1ccccc1C2(O)CC1C(=O)NC(C)c2nc3ccccc3c(=O)n21. The number of aromatic nitrogens is 2. The van der Waals surface area contributed by atoms with Crippen LogP contribution in [-0.2, 0) is 15.2 Å². The molecule has 2 aromatic carbocycles. The van der Waals surface area contributed by atoms with E-state index in [2.05, 4.69) is 10.6 Å². The van der Waals surface area contributed by atoms with E-state index in [0.717, 1.165) is 0 Å². The summed E-state index contributed by atoms with van der Waals surface area (Å²) in [4.78, 5) is 46.7. The van der Waals surface area contributed by atoms with E-state index in [1.807, 2.05) is 32.0 Å². The number of hydrogen-bond acceptors (Lipinski definition) is 6. The Hall–Kier alpha value is -3.56. The summed E-state index contributed by atoms with van der Waals surface area (Å²) >= 11 is 0. The first-order valence-electron chi connectivity index (χ1n) is 12.4. The van der Waals surface area contributed by atoms with Gasteiger partial charge in [0.25, 0.3) is 5.56 Å². The molecular formula is C27H29N5O4. The number of hydrogen-bond donors (Lipinski definition) is 3. The molecule has 5 unspecified atom stereocenters. The zero-order chi connectivity index (χ0) is 25.4. The van der Waals surface area contributed by atoms with Crippen LogP contribution >= 0.6 is 0 Å². The molecule has 3 aliphatic heterocycles. The number of carbonyl (C=O) groups is 2. The summed E-state index contributed by atoms with van der Waals surface area (Å²) in [5, 5.41) is 19.0. The van der Waals surface area contributed by atoms with E-state index in [9.17, 15) is 19.5 Å². The standard InChI is InChI=1S/C27H29N5O4/c1-14(2)12-19-25(35)32-20-11-7-5-9-17(20)27(36,26(32)30-19)13-21-23(33)28-15(3)22-29-18-10-6-4-8-16(18)24(34)31(21)22/h4-11,14-15,19,21,26,30,36H,12-13H2,1-3H3,(H,28,33). The van der Waals surface area contributed by atoms with Gasteiger partial charge in [-0.15, -0.1) is 0 Å². The van der Waals surface area contributed by atoms with Crippen molar-refractivity contribution in [3.63, 3.8) is 0 Å². The molecule has 3 aromatic rings. The van der Waals surface area contributed by atoms with Gasteiger partial charge in [-0.1, -0.05) is 44.2 Å². The third kappa shape index (κ3) is 3.16. The lowest BCUT2D eigenvalue weighted by Gasteiger charge is -2.37. The van der Waals surface area contributed by atoms with E-state index in [1.165, 1.54) is 4.57 Å². The topological polar surface area (TPSA) is 117 Å². The summed E-state index contributed by atoms with van der Waals surface area (Å²) in [5.74, 6) is 0.277. The Kier molecular flexibility index (Phi) is 5.07. The highest BCUT2D eigenvalue weighted by Crippen LogP contribution is 2.49. The quantitative estimate of drug-likeness (QED) is 0.519. The molecule has 1 fully saturated rings. The van der Waals surface area contributed by atoms with Gasteiger partial charge in [-0.2, -0.15) is 0 Å². The van der Waals surface area contributed by atoms with Crippen LogP contribution < -0.4 is 21.1 Å². The number of anilines is 1. The number of amides is 2. The van der Waals surface area contributed by atoms with Crippen molar-refractivity contribution >= 4 is 28.4 Å². The van der Waals surface area contributed by atoms with Crippen LogP contribution in [0, 0.1) is 5.92 Å². The van der Waals surface area contributed by atoms with Gasteiger partial charge >= 0.3 is 0 Å². The van der Waals surface area contributed by atoms with Gasteiger partial charge in [-0.3, -0.25) is 29.2 Å².